The first-order valence-corrected chi connectivity index (χ1v) is 13.4. The van der Waals surface area contributed by atoms with Gasteiger partial charge in [-0.2, -0.15) is 0 Å². The van der Waals surface area contributed by atoms with E-state index in [0.29, 0.717) is 12.2 Å². The zero-order valence-corrected chi connectivity index (χ0v) is 23.0. The molecule has 36 heavy (non-hydrogen) atoms. The summed E-state index contributed by atoms with van der Waals surface area (Å²) in [6, 6.07) is 11.0. The number of benzene rings is 2. The molecule has 1 aliphatic heterocycles. The fourth-order valence-corrected chi connectivity index (χ4v) is 5.69. The maximum absolute atomic E-state index is 13.1. The highest BCUT2D eigenvalue weighted by molar-refractivity contribution is 7.82. The molecule has 0 aliphatic carbocycles. The molecule has 1 fully saturated rings. The molecule has 0 radical (unpaired) electrons. The fraction of sp³-hybridized carbons (Fsp3) is 0.481. The summed E-state index contributed by atoms with van der Waals surface area (Å²) in [6.45, 7) is 6.04. The van der Waals surface area contributed by atoms with Crippen LogP contribution in [0.1, 0.15) is 30.4 Å². The third kappa shape index (κ3) is 6.93. The van der Waals surface area contributed by atoms with Crippen LogP contribution in [-0.2, 0) is 20.6 Å². The lowest BCUT2D eigenvalue weighted by atomic mass is 9.95. The van der Waals surface area contributed by atoms with Crippen molar-refractivity contribution < 1.29 is 18.5 Å². The third-order valence-corrected chi connectivity index (χ3v) is 8.46. The van der Waals surface area contributed by atoms with Crippen molar-refractivity contribution in [3.8, 4) is 5.75 Å². The van der Waals surface area contributed by atoms with Gasteiger partial charge in [0.05, 0.1) is 12.0 Å². The van der Waals surface area contributed by atoms with E-state index in [9.17, 15) is 13.8 Å². The highest BCUT2D eigenvalue weighted by atomic mass is 32.2. The van der Waals surface area contributed by atoms with Crippen LogP contribution in [-0.4, -0.2) is 73.1 Å². The molecule has 0 bridgehead atoms. The van der Waals surface area contributed by atoms with E-state index >= 15 is 0 Å². The summed E-state index contributed by atoms with van der Waals surface area (Å²) in [6.07, 6.45) is 1.96. The first kappa shape index (κ1) is 27.8. The molecule has 1 saturated heterocycles. The lowest BCUT2D eigenvalue weighted by Gasteiger charge is -2.31. The van der Waals surface area contributed by atoms with E-state index in [1.807, 2.05) is 38.1 Å². The van der Waals surface area contributed by atoms with E-state index in [4.69, 9.17) is 4.74 Å². The van der Waals surface area contributed by atoms with Crippen LogP contribution in [0.25, 0.3) is 0 Å². The van der Waals surface area contributed by atoms with Crippen molar-refractivity contribution in [2.24, 2.45) is 5.92 Å². The van der Waals surface area contributed by atoms with Crippen molar-refractivity contribution >= 4 is 34.2 Å². The van der Waals surface area contributed by atoms with Gasteiger partial charge in [0, 0.05) is 44.4 Å². The Hall–Kier alpha value is -2.75. The average molecular weight is 515 g/mol. The van der Waals surface area contributed by atoms with E-state index in [0.717, 1.165) is 53.4 Å². The van der Waals surface area contributed by atoms with Gasteiger partial charge < -0.3 is 19.9 Å². The van der Waals surface area contributed by atoms with Gasteiger partial charge in [0.2, 0.25) is 11.8 Å². The van der Waals surface area contributed by atoms with Crippen LogP contribution in [0.4, 0.5) is 11.4 Å². The Labute approximate surface area is 217 Å². The Kier molecular flexibility index (Phi) is 9.64. The highest BCUT2D eigenvalue weighted by Crippen LogP contribution is 2.26. The molecule has 9 heteroatoms. The number of carbonyl (C=O) groups excluding carboxylic acids is 2. The first-order valence-electron chi connectivity index (χ1n) is 12.2. The summed E-state index contributed by atoms with van der Waals surface area (Å²) < 4.78 is 20.0. The number of anilines is 2. The van der Waals surface area contributed by atoms with E-state index in [2.05, 4.69) is 17.3 Å². The number of piperidine rings is 1. The molecule has 3 rings (SSSR count). The number of methoxy groups -OCH3 is 1. The van der Waals surface area contributed by atoms with Crippen LogP contribution in [0, 0.1) is 19.8 Å². The Morgan fingerprint density at radius 2 is 1.67 bits per heavy atom. The van der Waals surface area contributed by atoms with Gasteiger partial charge in [-0.25, -0.2) is 8.51 Å². The Balaban J connectivity index is 1.51. The van der Waals surface area contributed by atoms with Gasteiger partial charge in [-0.1, -0.05) is 0 Å². The fourth-order valence-electron chi connectivity index (χ4n) is 4.45. The molecule has 1 N–H and O–H groups in total. The van der Waals surface area contributed by atoms with Crippen LogP contribution in [0.3, 0.4) is 0 Å². The number of rotatable bonds is 9. The second-order valence-corrected chi connectivity index (χ2v) is 11.0. The second kappa shape index (κ2) is 12.5. The predicted octanol–water partition coefficient (Wildman–Crippen LogP) is 3.60. The molecule has 0 saturated carbocycles. The predicted molar refractivity (Wildman–Crippen MR) is 145 cm³/mol. The molecule has 8 nitrogen and oxygen atoms in total. The minimum Gasteiger partial charge on any atom is -0.497 e. The molecule has 1 heterocycles. The van der Waals surface area contributed by atoms with Gasteiger partial charge in [-0.3, -0.25) is 9.59 Å². The maximum Gasteiger partial charge on any atom is 0.229 e. The van der Waals surface area contributed by atoms with E-state index in [1.165, 1.54) is 0 Å². The van der Waals surface area contributed by atoms with Gasteiger partial charge in [0.1, 0.15) is 16.7 Å². The van der Waals surface area contributed by atoms with Crippen LogP contribution < -0.4 is 15.0 Å². The summed E-state index contributed by atoms with van der Waals surface area (Å²) in [4.78, 5) is 30.1. The summed E-state index contributed by atoms with van der Waals surface area (Å²) in [5.74, 6) is 0.763. The molecule has 2 amide bonds. The lowest BCUT2D eigenvalue weighted by molar-refractivity contribution is -0.123. The van der Waals surface area contributed by atoms with Gasteiger partial charge in [0.15, 0.2) is 0 Å². The van der Waals surface area contributed by atoms with Gasteiger partial charge in [0.25, 0.3) is 0 Å². The number of aryl methyl sites for hydroxylation is 2. The largest absolute Gasteiger partial charge is 0.497 e. The first-order chi connectivity index (χ1) is 17.1. The molecule has 0 spiro atoms. The number of carbonyl (C=O) groups is 2. The van der Waals surface area contributed by atoms with Crippen molar-refractivity contribution in [1.82, 2.24) is 9.21 Å². The van der Waals surface area contributed by atoms with Gasteiger partial charge >= 0.3 is 0 Å². The van der Waals surface area contributed by atoms with Crippen molar-refractivity contribution in [1.29, 1.82) is 0 Å². The van der Waals surface area contributed by atoms with Crippen LogP contribution >= 0.6 is 0 Å². The van der Waals surface area contributed by atoms with Crippen molar-refractivity contribution in [3.05, 3.63) is 47.5 Å². The SMILES string of the molecule is COc1cc(C)c(S(=O)N(C)CCC(=O)Nc2ccc(N(C)C(=O)C3CCN(C)CC3)cc2)c(C)c1. The molecule has 2 aromatic carbocycles. The minimum absolute atomic E-state index is 0.0543. The summed E-state index contributed by atoms with van der Waals surface area (Å²) in [7, 11) is 5.86. The molecule has 1 atom stereocenters. The van der Waals surface area contributed by atoms with Gasteiger partial charge in [-0.15, -0.1) is 0 Å². The number of ether oxygens (including phenoxy) is 1. The van der Waals surface area contributed by atoms with Crippen LogP contribution in [0.15, 0.2) is 41.3 Å². The highest BCUT2D eigenvalue weighted by Gasteiger charge is 2.26. The minimum atomic E-state index is -1.38. The lowest BCUT2D eigenvalue weighted by Crippen LogP contribution is -2.39. The maximum atomic E-state index is 13.1. The number of nitrogens with zero attached hydrogens (tertiary/aromatic N) is 3. The molecular weight excluding hydrogens is 476 g/mol. The number of nitrogens with one attached hydrogen (secondary N) is 1. The van der Waals surface area contributed by atoms with E-state index in [-0.39, 0.29) is 24.2 Å². The molecule has 2 aromatic rings. The second-order valence-electron chi connectivity index (χ2n) is 9.51. The third-order valence-electron chi connectivity index (χ3n) is 6.72. The Morgan fingerprint density at radius 1 is 1.08 bits per heavy atom. The smallest absolute Gasteiger partial charge is 0.229 e. The van der Waals surface area contributed by atoms with Gasteiger partial charge in [-0.05, 0) is 94.4 Å². The van der Waals surface area contributed by atoms with E-state index < -0.39 is 11.0 Å². The number of likely N-dealkylation sites (tertiary alicyclic amines) is 1. The van der Waals surface area contributed by atoms with Crippen LogP contribution in [0.2, 0.25) is 0 Å². The quantitative estimate of drug-likeness (QED) is 0.553. The van der Waals surface area contributed by atoms with Crippen molar-refractivity contribution in [2.75, 3.05) is 58.1 Å². The molecular formula is C27H38N4O4S. The monoisotopic (exact) mass is 514 g/mol. The normalized spacial score (nSPS) is 15.5. The Morgan fingerprint density at radius 3 is 2.22 bits per heavy atom. The molecule has 196 valence electrons. The summed E-state index contributed by atoms with van der Waals surface area (Å²) in [5.41, 5.74) is 3.24. The Bertz CT molecular complexity index is 1070. The molecule has 0 aromatic heterocycles. The zero-order chi connectivity index (χ0) is 26.4. The summed E-state index contributed by atoms with van der Waals surface area (Å²) in [5, 5.41) is 2.89. The summed E-state index contributed by atoms with van der Waals surface area (Å²) >= 11 is 0. The number of hydrogen-bond acceptors (Lipinski definition) is 5. The van der Waals surface area contributed by atoms with Crippen molar-refractivity contribution in [3.63, 3.8) is 0 Å². The topological polar surface area (TPSA) is 82.2 Å². The van der Waals surface area contributed by atoms with E-state index in [1.54, 1.807) is 42.5 Å². The zero-order valence-electron chi connectivity index (χ0n) is 22.2. The molecule has 1 aliphatic rings. The number of amides is 2. The average Bonchev–Trinajstić information content (AvgIpc) is 2.86. The standard InChI is InChI=1S/C27H38N4O4S/c1-19-17-24(35-6)18-20(2)26(19)36(34)30(4)16-13-25(32)28-22-7-9-23(10-8-22)31(5)27(33)21-11-14-29(3)15-12-21/h7-10,17-18,21H,11-16H2,1-6H3,(H,28,32). The number of hydrogen-bond donors (Lipinski definition) is 1. The van der Waals surface area contributed by atoms with Crippen molar-refractivity contribution in [2.45, 2.75) is 38.0 Å². The van der Waals surface area contributed by atoms with Crippen LogP contribution in [0.5, 0.6) is 5.75 Å². The molecule has 1 unspecified atom stereocenters.